The van der Waals surface area contributed by atoms with Gasteiger partial charge in [0.2, 0.25) is 0 Å². The minimum Gasteiger partial charge on any atom is -0.465 e. The molecule has 0 aliphatic carbocycles. The number of sulfone groups is 1. The van der Waals surface area contributed by atoms with Crippen molar-refractivity contribution in [3.63, 3.8) is 0 Å². The molecule has 3 rings (SSSR count). The number of hydrogen-bond acceptors (Lipinski definition) is 5. The molecule has 0 N–H and O–H groups in total. The predicted octanol–water partition coefficient (Wildman–Crippen LogP) is 2.76. The van der Waals surface area contributed by atoms with E-state index in [1.165, 1.54) is 12.1 Å². The summed E-state index contributed by atoms with van der Waals surface area (Å²) in [5.74, 6) is -1.31. The second-order valence-corrected chi connectivity index (χ2v) is 8.58. The number of Topliss-reactive ketones (excluding diaryl/α,β-unsaturated/α-hetero) is 1. The van der Waals surface area contributed by atoms with Gasteiger partial charge in [0.15, 0.2) is 15.6 Å². The Labute approximate surface area is 152 Å². The molecule has 0 radical (unpaired) electrons. The molecule has 1 aliphatic heterocycles. The Bertz CT molecular complexity index is 912. The number of rotatable bonds is 6. The number of benzene rings is 2. The molecule has 0 aromatic heterocycles. The number of esters is 1. The molecule has 1 fully saturated rings. The van der Waals surface area contributed by atoms with Crippen LogP contribution in [0.15, 0.2) is 53.4 Å². The van der Waals surface area contributed by atoms with Crippen molar-refractivity contribution in [3.05, 3.63) is 65.2 Å². The van der Waals surface area contributed by atoms with Crippen LogP contribution in [0.25, 0.3) is 0 Å². The summed E-state index contributed by atoms with van der Waals surface area (Å²) in [6.07, 6.45) is 0.638. The fourth-order valence-electron chi connectivity index (χ4n) is 2.89. The minimum absolute atomic E-state index is 0.0192. The highest BCUT2D eigenvalue weighted by Crippen LogP contribution is 2.22. The Morgan fingerprint density at radius 2 is 1.73 bits per heavy atom. The summed E-state index contributed by atoms with van der Waals surface area (Å²) in [7, 11) is -3.56. The van der Waals surface area contributed by atoms with E-state index < -0.39 is 21.7 Å². The largest absolute Gasteiger partial charge is 0.465 e. The van der Waals surface area contributed by atoms with E-state index in [1.807, 2.05) is 19.1 Å². The fraction of sp³-hybridized carbons (Fsp3) is 0.300. The first kappa shape index (κ1) is 18.3. The second kappa shape index (κ2) is 7.41. The molecule has 1 heterocycles. The Morgan fingerprint density at radius 3 is 2.31 bits per heavy atom. The van der Waals surface area contributed by atoms with Gasteiger partial charge in [-0.1, -0.05) is 42.0 Å². The zero-order chi connectivity index (χ0) is 18.7. The highest BCUT2D eigenvalue weighted by molar-refractivity contribution is 7.91. The van der Waals surface area contributed by atoms with Crippen LogP contribution >= 0.6 is 0 Å². The summed E-state index contributed by atoms with van der Waals surface area (Å²) in [5.41, 5.74) is 2.46. The van der Waals surface area contributed by atoms with E-state index >= 15 is 0 Å². The lowest BCUT2D eigenvalue weighted by Crippen LogP contribution is -2.20. The molecule has 0 bridgehead atoms. The number of carbonyl (C=O) groups excluding carboxylic acids is 2. The number of cyclic esters (lactones) is 1. The summed E-state index contributed by atoms with van der Waals surface area (Å²) < 4.78 is 29.7. The molecule has 5 nitrogen and oxygen atoms in total. The smallest absolute Gasteiger partial charge is 0.310 e. The first-order valence-electron chi connectivity index (χ1n) is 8.43. The zero-order valence-electron chi connectivity index (χ0n) is 14.5. The normalized spacial score (nSPS) is 17.1. The SMILES string of the molecule is Cc1ccc(C(=O)Cc2ccc(S(=O)(=O)C[C@H]3CCOC3=O)cc2)cc1. The van der Waals surface area contributed by atoms with Crippen molar-refractivity contribution in [3.8, 4) is 0 Å². The predicted molar refractivity (Wildman–Crippen MR) is 96.8 cm³/mol. The molecule has 0 amide bonds. The van der Waals surface area contributed by atoms with Crippen molar-refractivity contribution in [2.75, 3.05) is 12.4 Å². The third kappa shape index (κ3) is 4.19. The van der Waals surface area contributed by atoms with E-state index in [0.29, 0.717) is 12.0 Å². The minimum atomic E-state index is -3.56. The van der Waals surface area contributed by atoms with Gasteiger partial charge in [0.25, 0.3) is 0 Å². The van der Waals surface area contributed by atoms with E-state index in [2.05, 4.69) is 0 Å². The van der Waals surface area contributed by atoms with Gasteiger partial charge in [0.1, 0.15) is 0 Å². The van der Waals surface area contributed by atoms with Crippen LogP contribution in [0.2, 0.25) is 0 Å². The summed E-state index contributed by atoms with van der Waals surface area (Å²) in [5, 5.41) is 0. The lowest BCUT2D eigenvalue weighted by Gasteiger charge is -2.08. The fourth-order valence-corrected chi connectivity index (χ4v) is 4.47. The van der Waals surface area contributed by atoms with Crippen molar-refractivity contribution in [1.29, 1.82) is 0 Å². The molecule has 0 unspecified atom stereocenters. The third-order valence-electron chi connectivity index (χ3n) is 4.49. The van der Waals surface area contributed by atoms with Crippen LogP contribution in [0.5, 0.6) is 0 Å². The lowest BCUT2D eigenvalue weighted by atomic mass is 10.0. The molecule has 1 atom stereocenters. The third-order valence-corrected chi connectivity index (χ3v) is 6.32. The number of carbonyl (C=O) groups is 2. The Morgan fingerprint density at radius 1 is 1.08 bits per heavy atom. The van der Waals surface area contributed by atoms with Crippen molar-refractivity contribution >= 4 is 21.6 Å². The highest BCUT2D eigenvalue weighted by atomic mass is 32.2. The molecule has 2 aromatic rings. The van der Waals surface area contributed by atoms with Crippen molar-refractivity contribution < 1.29 is 22.7 Å². The molecule has 6 heteroatoms. The molecule has 1 aliphatic rings. The molecule has 0 saturated carbocycles. The second-order valence-electron chi connectivity index (χ2n) is 6.54. The molecular formula is C20H20O5S. The molecule has 0 spiro atoms. The monoisotopic (exact) mass is 372 g/mol. The van der Waals surface area contributed by atoms with E-state index in [9.17, 15) is 18.0 Å². The summed E-state index contributed by atoms with van der Waals surface area (Å²) in [4.78, 5) is 24.0. The Hall–Kier alpha value is -2.47. The summed E-state index contributed by atoms with van der Waals surface area (Å²) >= 11 is 0. The number of hydrogen-bond donors (Lipinski definition) is 0. The molecule has 2 aromatic carbocycles. The van der Waals surface area contributed by atoms with E-state index in [4.69, 9.17) is 4.74 Å². The van der Waals surface area contributed by atoms with E-state index in [1.54, 1.807) is 24.3 Å². The topological polar surface area (TPSA) is 77.5 Å². The van der Waals surface area contributed by atoms with Gasteiger partial charge in [0, 0.05) is 12.0 Å². The first-order chi connectivity index (χ1) is 12.3. The molecular weight excluding hydrogens is 352 g/mol. The molecule has 136 valence electrons. The quantitative estimate of drug-likeness (QED) is 0.576. The van der Waals surface area contributed by atoms with Crippen molar-refractivity contribution in [1.82, 2.24) is 0 Å². The highest BCUT2D eigenvalue weighted by Gasteiger charge is 2.32. The average molecular weight is 372 g/mol. The van der Waals surface area contributed by atoms with Crippen LogP contribution < -0.4 is 0 Å². The lowest BCUT2D eigenvalue weighted by molar-refractivity contribution is -0.140. The van der Waals surface area contributed by atoms with E-state index in [0.717, 1.165) is 11.1 Å². The van der Waals surface area contributed by atoms with Gasteiger partial charge < -0.3 is 4.74 Å². The van der Waals surface area contributed by atoms with Crippen LogP contribution in [0.1, 0.15) is 27.9 Å². The average Bonchev–Trinajstić information content (AvgIpc) is 3.00. The van der Waals surface area contributed by atoms with Crippen LogP contribution in [0.3, 0.4) is 0 Å². The zero-order valence-corrected chi connectivity index (χ0v) is 15.3. The van der Waals surface area contributed by atoms with Crippen LogP contribution in [-0.2, 0) is 25.8 Å². The van der Waals surface area contributed by atoms with Crippen molar-refractivity contribution in [2.45, 2.75) is 24.7 Å². The molecule has 1 saturated heterocycles. The maximum Gasteiger partial charge on any atom is 0.310 e. The first-order valence-corrected chi connectivity index (χ1v) is 10.1. The van der Waals surface area contributed by atoms with Crippen LogP contribution in [-0.4, -0.2) is 32.5 Å². The number of aryl methyl sites for hydroxylation is 1. The standard InChI is InChI=1S/C20H20O5S/c1-14-2-6-16(7-3-14)19(21)12-15-4-8-18(9-5-15)26(23,24)13-17-10-11-25-20(17)22/h2-9,17H,10-13H2,1H3/t17-/m1/s1. The van der Waals surface area contributed by atoms with Crippen molar-refractivity contribution in [2.24, 2.45) is 5.92 Å². The summed E-state index contributed by atoms with van der Waals surface area (Å²) in [6, 6.07) is 13.6. The van der Waals surface area contributed by atoms with Gasteiger partial charge in [-0.3, -0.25) is 9.59 Å². The van der Waals surface area contributed by atoms with Gasteiger partial charge in [-0.15, -0.1) is 0 Å². The maximum absolute atomic E-state index is 12.4. The van der Waals surface area contributed by atoms with Gasteiger partial charge in [-0.2, -0.15) is 0 Å². The number of ketones is 1. The van der Waals surface area contributed by atoms with E-state index in [-0.39, 0.29) is 29.5 Å². The van der Waals surface area contributed by atoms with Gasteiger partial charge >= 0.3 is 5.97 Å². The Balaban J connectivity index is 1.68. The van der Waals surface area contributed by atoms with Gasteiger partial charge in [-0.05, 0) is 31.0 Å². The van der Waals surface area contributed by atoms with Crippen LogP contribution in [0.4, 0.5) is 0 Å². The van der Waals surface area contributed by atoms with Gasteiger partial charge in [0.05, 0.1) is 23.2 Å². The maximum atomic E-state index is 12.4. The molecule has 26 heavy (non-hydrogen) atoms. The summed E-state index contributed by atoms with van der Waals surface area (Å²) in [6.45, 7) is 2.23. The van der Waals surface area contributed by atoms with Crippen LogP contribution in [0, 0.1) is 12.8 Å². The van der Waals surface area contributed by atoms with Gasteiger partial charge in [-0.25, -0.2) is 8.42 Å². The number of ether oxygens (including phenoxy) is 1. The Kier molecular flexibility index (Phi) is 5.23.